The standard InChI is InChI=1S/C13H17N3O4S.Na/c1-10-12(14(2)9-21(18,19)20)13(17)16(15(10)3)11-7-5-4-6-8-11;/h4-8H,9H2,1-3H3,(H,18,19,20);. The third-order valence-electron chi connectivity index (χ3n) is 3.26. The predicted octanol–water partition coefficient (Wildman–Crippen LogP) is 0.385. The summed E-state index contributed by atoms with van der Waals surface area (Å²) in [4.78, 5) is 13.8. The van der Waals surface area contributed by atoms with Crippen molar-refractivity contribution in [3.8, 4) is 5.69 Å². The van der Waals surface area contributed by atoms with Crippen molar-refractivity contribution >= 4 is 45.4 Å². The number of hydrogen-bond acceptors (Lipinski definition) is 4. The van der Waals surface area contributed by atoms with Gasteiger partial charge in [-0.2, -0.15) is 8.42 Å². The van der Waals surface area contributed by atoms with Gasteiger partial charge in [0.25, 0.3) is 15.7 Å². The van der Waals surface area contributed by atoms with Gasteiger partial charge in [-0.15, -0.1) is 0 Å². The first kappa shape index (κ1) is 19.0. The van der Waals surface area contributed by atoms with Gasteiger partial charge in [-0.05, 0) is 19.1 Å². The van der Waals surface area contributed by atoms with Crippen LogP contribution in [0, 0.1) is 6.92 Å². The molecule has 2 rings (SSSR count). The molecular weight excluding hydrogens is 317 g/mol. The topological polar surface area (TPSA) is 84.5 Å². The van der Waals surface area contributed by atoms with Crippen molar-refractivity contribution < 1.29 is 13.0 Å². The molecule has 0 amide bonds. The van der Waals surface area contributed by atoms with E-state index < -0.39 is 16.0 Å². The van der Waals surface area contributed by atoms with Crippen LogP contribution in [-0.2, 0) is 17.2 Å². The Morgan fingerprint density at radius 2 is 1.77 bits per heavy atom. The van der Waals surface area contributed by atoms with Gasteiger partial charge >= 0.3 is 0 Å². The summed E-state index contributed by atoms with van der Waals surface area (Å²) in [6.07, 6.45) is 0. The molecular formula is C13H17N3NaO4S. The smallest absolute Gasteiger partial charge is 0.295 e. The molecule has 1 radical (unpaired) electrons. The van der Waals surface area contributed by atoms with Gasteiger partial charge in [0.1, 0.15) is 11.6 Å². The van der Waals surface area contributed by atoms with E-state index in [4.69, 9.17) is 4.55 Å². The maximum atomic E-state index is 12.6. The Bertz CT molecular complexity index is 812. The molecule has 0 saturated carbocycles. The molecule has 9 heteroatoms. The van der Waals surface area contributed by atoms with Gasteiger partial charge in [0.15, 0.2) is 0 Å². The van der Waals surface area contributed by atoms with Gasteiger partial charge in [0.2, 0.25) is 0 Å². The zero-order valence-electron chi connectivity index (χ0n) is 13.0. The van der Waals surface area contributed by atoms with Gasteiger partial charge in [-0.3, -0.25) is 14.0 Å². The maximum Gasteiger partial charge on any atom is 0.295 e. The van der Waals surface area contributed by atoms with E-state index in [1.165, 1.54) is 16.6 Å². The molecule has 0 atom stereocenters. The summed E-state index contributed by atoms with van der Waals surface area (Å²) in [6.45, 7) is 1.72. The van der Waals surface area contributed by atoms with Crippen molar-refractivity contribution in [2.75, 3.05) is 17.8 Å². The number of nitrogens with zero attached hydrogens (tertiary/aromatic N) is 3. The molecule has 0 bridgehead atoms. The quantitative estimate of drug-likeness (QED) is 0.646. The van der Waals surface area contributed by atoms with Gasteiger partial charge < -0.3 is 4.90 Å². The Morgan fingerprint density at radius 1 is 1.23 bits per heavy atom. The fourth-order valence-electron chi connectivity index (χ4n) is 2.30. The summed E-state index contributed by atoms with van der Waals surface area (Å²) < 4.78 is 34.0. The largest absolute Gasteiger partial charge is 0.353 e. The molecule has 2 aromatic rings. The summed E-state index contributed by atoms with van der Waals surface area (Å²) in [6, 6.07) is 9.04. The summed E-state index contributed by atoms with van der Waals surface area (Å²) in [7, 11) is -1.04. The molecule has 7 nitrogen and oxygen atoms in total. The number of hydrogen-bond donors (Lipinski definition) is 1. The summed E-state index contributed by atoms with van der Waals surface area (Å²) >= 11 is 0. The number of anilines is 1. The first-order valence-corrected chi connectivity index (χ1v) is 7.83. The van der Waals surface area contributed by atoms with Crippen LogP contribution in [0.25, 0.3) is 5.69 Å². The van der Waals surface area contributed by atoms with Crippen LogP contribution < -0.4 is 10.5 Å². The van der Waals surface area contributed by atoms with E-state index in [0.29, 0.717) is 11.4 Å². The van der Waals surface area contributed by atoms with Crippen LogP contribution in [0.3, 0.4) is 0 Å². The molecule has 0 spiro atoms. The average molecular weight is 334 g/mol. The first-order chi connectivity index (χ1) is 9.72. The van der Waals surface area contributed by atoms with Crippen LogP contribution in [-0.4, -0.2) is 64.8 Å². The minimum atomic E-state index is -4.20. The SMILES string of the molecule is Cc1c(N(C)CS(=O)(=O)O)c(=O)n(-c2ccccc2)n1C.[Na]. The molecule has 0 fully saturated rings. The molecule has 115 valence electrons. The van der Waals surface area contributed by atoms with Gasteiger partial charge in [-0.1, -0.05) is 18.2 Å². The summed E-state index contributed by atoms with van der Waals surface area (Å²) in [5, 5.41) is 0. The van der Waals surface area contributed by atoms with Crippen molar-refractivity contribution in [1.29, 1.82) is 0 Å². The second-order valence-electron chi connectivity index (χ2n) is 4.82. The van der Waals surface area contributed by atoms with Crippen LogP contribution in [0.1, 0.15) is 5.69 Å². The molecule has 22 heavy (non-hydrogen) atoms. The molecule has 0 aliphatic rings. The predicted molar refractivity (Wildman–Crippen MR) is 86.3 cm³/mol. The third kappa shape index (κ3) is 3.82. The number of aromatic nitrogens is 2. The van der Waals surface area contributed by atoms with E-state index in [1.807, 2.05) is 18.2 Å². The zero-order chi connectivity index (χ0) is 15.8. The number of benzene rings is 1. The van der Waals surface area contributed by atoms with E-state index in [2.05, 4.69) is 0 Å². The van der Waals surface area contributed by atoms with Crippen molar-refractivity contribution in [1.82, 2.24) is 9.36 Å². The molecule has 1 aromatic carbocycles. The van der Waals surface area contributed by atoms with E-state index in [0.717, 1.165) is 0 Å². The monoisotopic (exact) mass is 334 g/mol. The van der Waals surface area contributed by atoms with Crippen molar-refractivity contribution in [2.24, 2.45) is 7.05 Å². The van der Waals surface area contributed by atoms with Gasteiger partial charge in [-0.25, -0.2) is 4.68 Å². The Morgan fingerprint density at radius 3 is 2.27 bits per heavy atom. The Labute approximate surface area is 151 Å². The molecule has 0 aliphatic heterocycles. The minimum absolute atomic E-state index is 0. The Hall–Kier alpha value is -1.06. The molecule has 0 saturated heterocycles. The van der Waals surface area contributed by atoms with E-state index >= 15 is 0 Å². The van der Waals surface area contributed by atoms with Crippen LogP contribution >= 0.6 is 0 Å². The summed E-state index contributed by atoms with van der Waals surface area (Å²) in [5.41, 5.74) is 1.18. The molecule has 1 heterocycles. The number of rotatable bonds is 4. The normalized spacial score (nSPS) is 11.1. The van der Waals surface area contributed by atoms with Crippen LogP contribution in [0.4, 0.5) is 5.69 Å². The van der Waals surface area contributed by atoms with Gasteiger partial charge in [0.05, 0.1) is 11.4 Å². The van der Waals surface area contributed by atoms with Crippen molar-refractivity contribution in [3.05, 3.63) is 46.4 Å². The van der Waals surface area contributed by atoms with Crippen molar-refractivity contribution in [3.63, 3.8) is 0 Å². The van der Waals surface area contributed by atoms with E-state index in [-0.39, 0.29) is 40.8 Å². The van der Waals surface area contributed by atoms with Crippen LogP contribution in [0.5, 0.6) is 0 Å². The van der Waals surface area contributed by atoms with Crippen LogP contribution in [0.2, 0.25) is 0 Å². The minimum Gasteiger partial charge on any atom is -0.353 e. The summed E-state index contributed by atoms with van der Waals surface area (Å²) in [5.74, 6) is -0.637. The second-order valence-corrected chi connectivity index (χ2v) is 6.24. The Kier molecular flexibility index (Phi) is 6.05. The second kappa shape index (κ2) is 7.01. The van der Waals surface area contributed by atoms with Gasteiger partial charge in [0, 0.05) is 43.7 Å². The van der Waals surface area contributed by atoms with E-state index in [1.54, 1.807) is 30.8 Å². The average Bonchev–Trinajstić information content (AvgIpc) is 2.59. The first-order valence-electron chi connectivity index (χ1n) is 6.22. The third-order valence-corrected chi connectivity index (χ3v) is 3.98. The molecule has 1 N–H and O–H groups in total. The fraction of sp³-hybridized carbons (Fsp3) is 0.308. The fourth-order valence-corrected chi connectivity index (χ4v) is 2.92. The van der Waals surface area contributed by atoms with Crippen LogP contribution in [0.15, 0.2) is 35.1 Å². The molecule has 1 aromatic heterocycles. The maximum absolute atomic E-state index is 12.6. The van der Waals surface area contributed by atoms with Crippen molar-refractivity contribution in [2.45, 2.75) is 6.92 Å². The number of para-hydroxylation sites is 1. The van der Waals surface area contributed by atoms with E-state index in [9.17, 15) is 13.2 Å². The molecule has 0 aliphatic carbocycles. The zero-order valence-corrected chi connectivity index (χ0v) is 15.8. The molecule has 0 unspecified atom stereocenters. The Balaban J connectivity index is 0.00000242.